The van der Waals surface area contributed by atoms with Crippen LogP contribution in [0.2, 0.25) is 0 Å². The van der Waals surface area contributed by atoms with Gasteiger partial charge < -0.3 is 26.2 Å². The molecule has 40 heavy (non-hydrogen) atoms. The quantitative estimate of drug-likeness (QED) is 0.418. The number of piperazine rings is 1. The van der Waals surface area contributed by atoms with Crippen molar-refractivity contribution in [2.24, 2.45) is 5.73 Å². The molecule has 9 heteroatoms. The van der Waals surface area contributed by atoms with Crippen molar-refractivity contribution in [2.45, 2.75) is 6.42 Å². The lowest BCUT2D eigenvalue weighted by molar-refractivity contribution is -0.120. The zero-order valence-corrected chi connectivity index (χ0v) is 22.4. The molecule has 3 heterocycles. The standard InChI is InChI=1S/C31H32N6O3/c1-35-13-15-36(16-14-35)19-27(38)37-12-11-21-17-23(8-10-26(21)37)33-29(20-5-3-2-4-6-20)28-24-9-7-22(30(32)39)18-25(24)34-31(28)40/h2-10,17-18,33H,11-16,19H2,1H3,(H2,32,39)(H,34,40)/b29-28-. The van der Waals surface area contributed by atoms with E-state index in [2.05, 4.69) is 33.5 Å². The molecule has 3 aliphatic heterocycles. The first-order valence-electron chi connectivity index (χ1n) is 13.5. The number of nitrogens with one attached hydrogen (secondary N) is 2. The van der Waals surface area contributed by atoms with Crippen LogP contribution in [0, 0.1) is 0 Å². The molecule has 0 spiro atoms. The van der Waals surface area contributed by atoms with Crippen molar-refractivity contribution in [2.75, 3.05) is 61.8 Å². The Kier molecular flexibility index (Phi) is 6.83. The van der Waals surface area contributed by atoms with E-state index in [1.807, 2.05) is 47.4 Å². The highest BCUT2D eigenvalue weighted by molar-refractivity contribution is 6.37. The number of carbonyl (C=O) groups is 3. The number of anilines is 3. The maximum Gasteiger partial charge on any atom is 0.258 e. The van der Waals surface area contributed by atoms with E-state index in [0.29, 0.717) is 41.2 Å². The van der Waals surface area contributed by atoms with Gasteiger partial charge >= 0.3 is 0 Å². The fourth-order valence-electron chi connectivity index (χ4n) is 5.62. The van der Waals surface area contributed by atoms with Crippen molar-refractivity contribution in [3.05, 3.63) is 89.0 Å². The molecule has 0 unspecified atom stereocenters. The van der Waals surface area contributed by atoms with Crippen molar-refractivity contribution in [3.8, 4) is 0 Å². The van der Waals surface area contributed by atoms with E-state index in [4.69, 9.17) is 5.73 Å². The molecule has 1 fully saturated rings. The van der Waals surface area contributed by atoms with Gasteiger partial charge in [-0.3, -0.25) is 19.3 Å². The fraction of sp³-hybridized carbons (Fsp3) is 0.258. The number of likely N-dealkylation sites (N-methyl/N-ethyl adjacent to an activating group) is 1. The van der Waals surface area contributed by atoms with Gasteiger partial charge in [0.15, 0.2) is 0 Å². The van der Waals surface area contributed by atoms with Crippen LogP contribution < -0.4 is 21.3 Å². The van der Waals surface area contributed by atoms with E-state index < -0.39 is 5.91 Å². The van der Waals surface area contributed by atoms with Crippen LogP contribution in [0.1, 0.15) is 27.0 Å². The second-order valence-corrected chi connectivity index (χ2v) is 10.5. The largest absolute Gasteiger partial charge is 0.366 e. The van der Waals surface area contributed by atoms with Gasteiger partial charge in [0.25, 0.3) is 5.91 Å². The summed E-state index contributed by atoms with van der Waals surface area (Å²) >= 11 is 0. The van der Waals surface area contributed by atoms with E-state index >= 15 is 0 Å². The molecule has 204 valence electrons. The highest BCUT2D eigenvalue weighted by atomic mass is 16.2. The average Bonchev–Trinajstić information content (AvgIpc) is 3.53. The minimum Gasteiger partial charge on any atom is -0.366 e. The molecule has 0 saturated carbocycles. The van der Waals surface area contributed by atoms with E-state index in [-0.39, 0.29) is 11.8 Å². The Labute approximate surface area is 233 Å². The zero-order chi connectivity index (χ0) is 27.8. The smallest absolute Gasteiger partial charge is 0.258 e. The summed E-state index contributed by atoms with van der Waals surface area (Å²) in [5.41, 5.74) is 11.9. The number of hydrogen-bond acceptors (Lipinski definition) is 6. The molecule has 9 nitrogen and oxygen atoms in total. The van der Waals surface area contributed by atoms with Crippen LogP contribution in [0.3, 0.4) is 0 Å². The van der Waals surface area contributed by atoms with E-state index in [1.54, 1.807) is 18.2 Å². The normalized spacial score (nSPS) is 18.2. The van der Waals surface area contributed by atoms with Gasteiger partial charge in [0.2, 0.25) is 11.8 Å². The number of benzene rings is 3. The van der Waals surface area contributed by atoms with E-state index in [9.17, 15) is 14.4 Å². The Morgan fingerprint density at radius 1 is 0.925 bits per heavy atom. The summed E-state index contributed by atoms with van der Waals surface area (Å²) in [7, 11) is 2.11. The summed E-state index contributed by atoms with van der Waals surface area (Å²) in [5, 5.41) is 6.38. The molecule has 3 amide bonds. The molecule has 4 N–H and O–H groups in total. The molecule has 3 aromatic carbocycles. The Hall–Kier alpha value is -4.47. The van der Waals surface area contributed by atoms with Crippen molar-refractivity contribution in [1.29, 1.82) is 0 Å². The predicted octanol–water partition coefficient (Wildman–Crippen LogP) is 2.85. The number of carbonyl (C=O) groups excluding carboxylic acids is 3. The minimum absolute atomic E-state index is 0.130. The molecule has 0 radical (unpaired) electrons. The average molecular weight is 537 g/mol. The number of fused-ring (bicyclic) bond motifs is 2. The van der Waals surface area contributed by atoms with Gasteiger partial charge in [-0.25, -0.2) is 0 Å². The lowest BCUT2D eigenvalue weighted by atomic mass is 9.98. The summed E-state index contributed by atoms with van der Waals surface area (Å²) in [6, 6.07) is 20.7. The Morgan fingerprint density at radius 3 is 2.45 bits per heavy atom. The second-order valence-electron chi connectivity index (χ2n) is 10.5. The molecule has 0 bridgehead atoms. The van der Waals surface area contributed by atoms with Crippen LogP contribution in [0.25, 0.3) is 11.3 Å². The van der Waals surface area contributed by atoms with Gasteiger partial charge in [-0.2, -0.15) is 0 Å². The Morgan fingerprint density at radius 2 is 1.70 bits per heavy atom. The van der Waals surface area contributed by atoms with E-state index in [1.165, 1.54) is 0 Å². The first-order chi connectivity index (χ1) is 19.4. The molecule has 3 aromatic rings. The topological polar surface area (TPSA) is 111 Å². The monoisotopic (exact) mass is 536 g/mol. The molecule has 0 aromatic heterocycles. The maximum absolute atomic E-state index is 13.2. The number of amides is 3. The van der Waals surface area contributed by atoms with E-state index in [0.717, 1.165) is 55.1 Å². The highest BCUT2D eigenvalue weighted by Crippen LogP contribution is 2.39. The third-order valence-electron chi connectivity index (χ3n) is 7.86. The predicted molar refractivity (Wildman–Crippen MR) is 157 cm³/mol. The van der Waals surface area contributed by atoms with Gasteiger partial charge in [0.05, 0.1) is 17.8 Å². The van der Waals surface area contributed by atoms with Gasteiger partial charge in [0.1, 0.15) is 0 Å². The van der Waals surface area contributed by atoms with Crippen molar-refractivity contribution in [1.82, 2.24) is 9.80 Å². The maximum atomic E-state index is 13.2. The van der Waals surface area contributed by atoms with Crippen LogP contribution in [-0.4, -0.2) is 73.8 Å². The summed E-state index contributed by atoms with van der Waals surface area (Å²) < 4.78 is 0. The molecule has 3 aliphatic rings. The lowest BCUT2D eigenvalue weighted by Crippen LogP contribution is -2.48. The van der Waals surface area contributed by atoms with Gasteiger partial charge in [-0.05, 0) is 54.9 Å². The van der Waals surface area contributed by atoms with Crippen LogP contribution in [0.4, 0.5) is 17.1 Å². The van der Waals surface area contributed by atoms with Crippen LogP contribution >= 0.6 is 0 Å². The van der Waals surface area contributed by atoms with Crippen LogP contribution in [0.5, 0.6) is 0 Å². The molecule has 1 saturated heterocycles. The first-order valence-corrected chi connectivity index (χ1v) is 13.5. The molecule has 6 rings (SSSR count). The summed E-state index contributed by atoms with van der Waals surface area (Å²) in [6.45, 7) is 4.87. The highest BCUT2D eigenvalue weighted by Gasteiger charge is 2.30. The third kappa shape index (κ3) is 4.97. The van der Waals surface area contributed by atoms with Gasteiger partial charge in [-0.1, -0.05) is 36.4 Å². The lowest BCUT2D eigenvalue weighted by Gasteiger charge is -2.32. The number of hydrogen-bond donors (Lipinski definition) is 3. The number of nitrogens with two attached hydrogens (primary N) is 1. The molecule has 0 atom stereocenters. The summed E-state index contributed by atoms with van der Waals surface area (Å²) in [6.07, 6.45) is 0.774. The fourth-order valence-corrected chi connectivity index (χ4v) is 5.62. The van der Waals surface area contributed by atoms with Crippen LogP contribution in [-0.2, 0) is 16.0 Å². The number of rotatable bonds is 6. The van der Waals surface area contributed by atoms with Gasteiger partial charge in [-0.15, -0.1) is 0 Å². The molecular weight excluding hydrogens is 504 g/mol. The third-order valence-corrected chi connectivity index (χ3v) is 7.86. The number of primary amides is 1. The van der Waals surface area contributed by atoms with Crippen molar-refractivity contribution >= 4 is 46.1 Å². The SMILES string of the molecule is CN1CCN(CC(=O)N2CCc3cc(N/C(=C4\C(=O)Nc5cc(C(N)=O)ccc54)c4ccccc4)ccc32)CC1. The Balaban J connectivity index is 1.29. The zero-order valence-electron chi connectivity index (χ0n) is 22.4. The first kappa shape index (κ1) is 25.8. The molecule has 0 aliphatic carbocycles. The summed E-state index contributed by atoms with van der Waals surface area (Å²) in [4.78, 5) is 44.5. The van der Waals surface area contributed by atoms with Crippen LogP contribution in [0.15, 0.2) is 66.7 Å². The van der Waals surface area contributed by atoms with Crippen molar-refractivity contribution < 1.29 is 14.4 Å². The minimum atomic E-state index is -0.551. The molecular formula is C31H32N6O3. The van der Waals surface area contributed by atoms with Crippen molar-refractivity contribution in [3.63, 3.8) is 0 Å². The Bertz CT molecular complexity index is 1530. The second kappa shape index (κ2) is 10.6. The summed E-state index contributed by atoms with van der Waals surface area (Å²) in [5.74, 6) is -0.680. The number of nitrogens with zero attached hydrogens (tertiary/aromatic N) is 3. The van der Waals surface area contributed by atoms with Gasteiger partial charge in [0, 0.05) is 60.9 Å².